The van der Waals surface area contributed by atoms with E-state index < -0.39 is 10.0 Å². The fourth-order valence-electron chi connectivity index (χ4n) is 3.01. The van der Waals surface area contributed by atoms with Crippen LogP contribution in [0.5, 0.6) is 5.75 Å². The second-order valence-corrected chi connectivity index (χ2v) is 9.35. The van der Waals surface area contributed by atoms with E-state index in [1.807, 2.05) is 32.0 Å². The molecular weight excluding hydrogens is 412 g/mol. The topological polar surface area (TPSA) is 75.7 Å². The first-order chi connectivity index (χ1) is 14.7. The standard InChI is InChI=1S/C24H26N2O4S/c1-18(2)30-23-15-13-21(14-16-23)25-24(27)20-11-9-19(10-12-20)17-26(31(3,28)29)22-7-5-4-6-8-22/h4-16,18H,17H2,1-3H3,(H,25,27). The Hall–Kier alpha value is -3.32. The van der Waals surface area contributed by atoms with E-state index in [0.717, 1.165) is 11.3 Å². The second kappa shape index (κ2) is 9.66. The highest BCUT2D eigenvalue weighted by Gasteiger charge is 2.18. The van der Waals surface area contributed by atoms with Crippen LogP contribution >= 0.6 is 0 Å². The van der Waals surface area contributed by atoms with Crippen LogP contribution in [-0.2, 0) is 16.6 Å². The molecule has 3 aromatic carbocycles. The molecule has 0 saturated heterocycles. The molecule has 3 aromatic rings. The Morgan fingerprint density at radius 1 is 0.935 bits per heavy atom. The first-order valence-electron chi connectivity index (χ1n) is 9.92. The van der Waals surface area contributed by atoms with Gasteiger partial charge in [-0.25, -0.2) is 8.42 Å². The maximum Gasteiger partial charge on any atom is 0.255 e. The summed E-state index contributed by atoms with van der Waals surface area (Å²) in [4.78, 5) is 12.5. The Bertz CT molecular complexity index is 1110. The molecule has 0 atom stereocenters. The van der Waals surface area contributed by atoms with Crippen LogP contribution in [-0.4, -0.2) is 26.7 Å². The molecule has 0 aliphatic rings. The number of anilines is 2. The molecule has 1 amide bonds. The lowest BCUT2D eigenvalue weighted by molar-refractivity contribution is 0.102. The smallest absolute Gasteiger partial charge is 0.255 e. The third-order valence-corrected chi connectivity index (χ3v) is 5.61. The lowest BCUT2D eigenvalue weighted by Crippen LogP contribution is -2.29. The lowest BCUT2D eigenvalue weighted by atomic mass is 10.1. The molecule has 0 spiro atoms. The van der Waals surface area contributed by atoms with Crippen LogP contribution in [0.4, 0.5) is 11.4 Å². The number of nitrogens with one attached hydrogen (secondary N) is 1. The summed E-state index contributed by atoms with van der Waals surface area (Å²) in [6, 6.07) is 23.0. The summed E-state index contributed by atoms with van der Waals surface area (Å²) in [5.74, 6) is 0.498. The van der Waals surface area contributed by atoms with E-state index in [-0.39, 0.29) is 18.6 Å². The van der Waals surface area contributed by atoms with Crippen molar-refractivity contribution >= 4 is 27.3 Å². The van der Waals surface area contributed by atoms with Crippen LogP contribution in [0.15, 0.2) is 78.9 Å². The molecule has 0 bridgehead atoms. The van der Waals surface area contributed by atoms with Gasteiger partial charge in [0, 0.05) is 11.3 Å². The average molecular weight is 439 g/mol. The van der Waals surface area contributed by atoms with E-state index in [4.69, 9.17) is 4.74 Å². The Kier molecular flexibility index (Phi) is 6.97. The number of amides is 1. The molecule has 0 unspecified atom stereocenters. The number of benzene rings is 3. The number of hydrogen-bond donors (Lipinski definition) is 1. The van der Waals surface area contributed by atoms with E-state index >= 15 is 0 Å². The van der Waals surface area contributed by atoms with Gasteiger partial charge in [-0.15, -0.1) is 0 Å². The predicted molar refractivity (Wildman–Crippen MR) is 124 cm³/mol. The zero-order valence-electron chi connectivity index (χ0n) is 17.8. The van der Waals surface area contributed by atoms with Crippen LogP contribution < -0.4 is 14.4 Å². The molecule has 0 saturated carbocycles. The highest BCUT2D eigenvalue weighted by Crippen LogP contribution is 2.21. The van der Waals surface area contributed by atoms with Gasteiger partial charge in [0.05, 0.1) is 24.6 Å². The Balaban J connectivity index is 1.68. The van der Waals surface area contributed by atoms with Crippen molar-refractivity contribution in [3.8, 4) is 5.75 Å². The molecular formula is C24H26N2O4S. The van der Waals surface area contributed by atoms with Crippen LogP contribution in [0, 0.1) is 0 Å². The maximum atomic E-state index is 12.5. The summed E-state index contributed by atoms with van der Waals surface area (Å²) in [7, 11) is -3.45. The molecule has 6 nitrogen and oxygen atoms in total. The number of carbonyl (C=O) groups excluding carboxylic acids is 1. The van der Waals surface area contributed by atoms with Gasteiger partial charge in [-0.3, -0.25) is 9.10 Å². The van der Waals surface area contributed by atoms with E-state index in [1.165, 1.54) is 10.6 Å². The Morgan fingerprint density at radius 3 is 2.10 bits per heavy atom. The first-order valence-corrected chi connectivity index (χ1v) is 11.8. The maximum absolute atomic E-state index is 12.5. The van der Waals surface area contributed by atoms with E-state index in [0.29, 0.717) is 16.9 Å². The van der Waals surface area contributed by atoms with Crippen LogP contribution in [0.2, 0.25) is 0 Å². The van der Waals surface area contributed by atoms with Crippen LogP contribution in [0.25, 0.3) is 0 Å². The van der Waals surface area contributed by atoms with Crippen molar-refractivity contribution in [2.45, 2.75) is 26.5 Å². The average Bonchev–Trinajstić information content (AvgIpc) is 2.73. The van der Waals surface area contributed by atoms with Gasteiger partial charge < -0.3 is 10.1 Å². The molecule has 31 heavy (non-hydrogen) atoms. The third-order valence-electron chi connectivity index (χ3n) is 4.47. The zero-order chi connectivity index (χ0) is 22.4. The van der Waals surface area contributed by atoms with Crippen molar-refractivity contribution in [3.63, 3.8) is 0 Å². The third kappa shape index (κ3) is 6.33. The molecule has 162 valence electrons. The van der Waals surface area contributed by atoms with E-state index in [1.54, 1.807) is 60.7 Å². The summed E-state index contributed by atoms with van der Waals surface area (Å²) in [6.45, 7) is 4.09. The Morgan fingerprint density at radius 2 is 1.55 bits per heavy atom. The molecule has 0 aliphatic heterocycles. The van der Waals surface area contributed by atoms with Crippen molar-refractivity contribution < 1.29 is 17.9 Å². The van der Waals surface area contributed by atoms with Crippen molar-refractivity contribution in [1.82, 2.24) is 0 Å². The zero-order valence-corrected chi connectivity index (χ0v) is 18.6. The second-order valence-electron chi connectivity index (χ2n) is 7.45. The minimum atomic E-state index is -3.45. The SMILES string of the molecule is CC(C)Oc1ccc(NC(=O)c2ccc(CN(c3ccccc3)S(C)(=O)=O)cc2)cc1. The van der Waals surface area contributed by atoms with E-state index in [9.17, 15) is 13.2 Å². The number of rotatable bonds is 8. The number of para-hydroxylation sites is 1. The highest BCUT2D eigenvalue weighted by atomic mass is 32.2. The predicted octanol–water partition coefficient (Wildman–Crippen LogP) is 4.69. The van der Waals surface area contributed by atoms with Gasteiger partial charge in [-0.05, 0) is 67.9 Å². The van der Waals surface area contributed by atoms with Crippen molar-refractivity contribution in [2.24, 2.45) is 0 Å². The van der Waals surface area contributed by atoms with Gasteiger partial charge in [-0.1, -0.05) is 30.3 Å². The summed E-state index contributed by atoms with van der Waals surface area (Å²) in [5.41, 5.74) is 2.52. The van der Waals surface area contributed by atoms with E-state index in [2.05, 4.69) is 5.32 Å². The summed E-state index contributed by atoms with van der Waals surface area (Å²) >= 11 is 0. The summed E-state index contributed by atoms with van der Waals surface area (Å²) < 4.78 is 31.4. The fourth-order valence-corrected chi connectivity index (χ4v) is 3.90. The molecule has 0 fully saturated rings. The number of sulfonamides is 1. The number of carbonyl (C=O) groups is 1. The van der Waals surface area contributed by atoms with Gasteiger partial charge >= 0.3 is 0 Å². The van der Waals surface area contributed by atoms with Crippen LogP contribution in [0.3, 0.4) is 0 Å². The summed E-state index contributed by atoms with van der Waals surface area (Å²) in [6.07, 6.45) is 1.26. The summed E-state index contributed by atoms with van der Waals surface area (Å²) in [5, 5.41) is 2.85. The molecule has 3 rings (SSSR count). The molecule has 0 heterocycles. The minimum Gasteiger partial charge on any atom is -0.491 e. The Labute approximate surface area is 183 Å². The largest absolute Gasteiger partial charge is 0.491 e. The highest BCUT2D eigenvalue weighted by molar-refractivity contribution is 7.92. The molecule has 7 heteroatoms. The van der Waals surface area contributed by atoms with Gasteiger partial charge in [-0.2, -0.15) is 0 Å². The first kappa shape index (κ1) is 22.4. The minimum absolute atomic E-state index is 0.0828. The monoisotopic (exact) mass is 438 g/mol. The van der Waals surface area contributed by atoms with Gasteiger partial charge in [0.25, 0.3) is 5.91 Å². The van der Waals surface area contributed by atoms with Crippen molar-refractivity contribution in [2.75, 3.05) is 15.9 Å². The number of nitrogens with zero attached hydrogens (tertiary/aromatic N) is 1. The van der Waals surface area contributed by atoms with Crippen LogP contribution in [0.1, 0.15) is 29.8 Å². The van der Waals surface area contributed by atoms with Gasteiger partial charge in [0.2, 0.25) is 10.0 Å². The fraction of sp³-hybridized carbons (Fsp3) is 0.208. The van der Waals surface area contributed by atoms with Gasteiger partial charge in [0.1, 0.15) is 5.75 Å². The number of ether oxygens (including phenoxy) is 1. The van der Waals surface area contributed by atoms with Crippen molar-refractivity contribution in [1.29, 1.82) is 0 Å². The molecule has 0 aliphatic carbocycles. The molecule has 0 radical (unpaired) electrons. The van der Waals surface area contributed by atoms with Crippen molar-refractivity contribution in [3.05, 3.63) is 90.0 Å². The lowest BCUT2D eigenvalue weighted by Gasteiger charge is -2.22. The normalized spacial score (nSPS) is 11.2. The quantitative estimate of drug-likeness (QED) is 0.553. The molecule has 1 N–H and O–H groups in total. The number of hydrogen-bond acceptors (Lipinski definition) is 4. The van der Waals surface area contributed by atoms with Gasteiger partial charge in [0.15, 0.2) is 0 Å². The molecule has 0 aromatic heterocycles.